The Labute approximate surface area is 119 Å². The molecule has 0 saturated heterocycles. The maximum atomic E-state index is 5.44. The number of aromatic nitrogens is 3. The summed E-state index contributed by atoms with van der Waals surface area (Å²) in [6.07, 6.45) is 3.14. The van der Waals surface area contributed by atoms with Crippen LogP contribution in [0.4, 0.5) is 11.9 Å². The second kappa shape index (κ2) is 9.27. The zero-order chi connectivity index (χ0) is 14.8. The lowest BCUT2D eigenvalue weighted by molar-refractivity contribution is 0.192. The van der Waals surface area contributed by atoms with Crippen molar-refractivity contribution in [2.75, 3.05) is 31.0 Å². The van der Waals surface area contributed by atoms with Crippen molar-refractivity contribution in [1.82, 2.24) is 15.0 Å². The molecule has 0 bridgehead atoms. The minimum Gasteiger partial charge on any atom is -0.461 e. The van der Waals surface area contributed by atoms with Crippen molar-refractivity contribution < 1.29 is 9.47 Å². The lowest BCUT2D eigenvalue weighted by Gasteiger charge is -2.11. The van der Waals surface area contributed by atoms with Crippen molar-refractivity contribution in [3.05, 3.63) is 0 Å². The standard InChI is InChI=1S/C12H24N6O2/c1-9(2)20-12-16-10(15-11(17-12)18-13)14-7-5-4-6-8-19-3/h9H,4-8,13H2,1-3H3,(H2,14,15,16,17,18). The Kier molecular flexibility index (Phi) is 7.59. The zero-order valence-corrected chi connectivity index (χ0v) is 12.3. The van der Waals surface area contributed by atoms with Crippen LogP contribution in [0.2, 0.25) is 0 Å². The molecule has 1 aromatic heterocycles. The molecule has 0 saturated carbocycles. The Balaban J connectivity index is 2.47. The molecule has 0 aliphatic rings. The molecule has 0 spiro atoms. The van der Waals surface area contributed by atoms with E-state index in [2.05, 4.69) is 25.7 Å². The van der Waals surface area contributed by atoms with E-state index in [9.17, 15) is 0 Å². The molecular formula is C12H24N6O2. The number of nitrogens with two attached hydrogens (primary N) is 1. The number of ether oxygens (including phenoxy) is 2. The Morgan fingerprint density at radius 1 is 1.10 bits per heavy atom. The fourth-order valence-electron chi connectivity index (χ4n) is 1.51. The van der Waals surface area contributed by atoms with Crippen LogP contribution >= 0.6 is 0 Å². The normalized spacial score (nSPS) is 10.7. The third-order valence-corrected chi connectivity index (χ3v) is 2.39. The fourth-order valence-corrected chi connectivity index (χ4v) is 1.51. The first-order valence-electron chi connectivity index (χ1n) is 6.78. The number of hydrazine groups is 1. The molecule has 1 heterocycles. The molecule has 0 fully saturated rings. The molecule has 114 valence electrons. The second-order valence-corrected chi connectivity index (χ2v) is 4.56. The van der Waals surface area contributed by atoms with Crippen molar-refractivity contribution >= 4 is 11.9 Å². The first-order valence-corrected chi connectivity index (χ1v) is 6.78. The van der Waals surface area contributed by atoms with Gasteiger partial charge >= 0.3 is 6.01 Å². The van der Waals surface area contributed by atoms with E-state index in [1.165, 1.54) is 0 Å². The number of methoxy groups -OCH3 is 1. The summed E-state index contributed by atoms with van der Waals surface area (Å²) >= 11 is 0. The van der Waals surface area contributed by atoms with E-state index in [-0.39, 0.29) is 18.1 Å². The Morgan fingerprint density at radius 2 is 1.85 bits per heavy atom. The van der Waals surface area contributed by atoms with Gasteiger partial charge < -0.3 is 14.8 Å². The predicted molar refractivity (Wildman–Crippen MR) is 77.6 cm³/mol. The molecule has 4 N–H and O–H groups in total. The average Bonchev–Trinajstić information content (AvgIpc) is 2.41. The lowest BCUT2D eigenvalue weighted by atomic mass is 10.2. The zero-order valence-electron chi connectivity index (χ0n) is 12.3. The lowest BCUT2D eigenvalue weighted by Crippen LogP contribution is -2.16. The third kappa shape index (κ3) is 6.48. The Hall–Kier alpha value is -1.67. The van der Waals surface area contributed by atoms with Gasteiger partial charge in [0.25, 0.3) is 0 Å². The summed E-state index contributed by atoms with van der Waals surface area (Å²) in [4.78, 5) is 12.3. The van der Waals surface area contributed by atoms with Gasteiger partial charge in [-0.1, -0.05) is 0 Å². The maximum absolute atomic E-state index is 5.44. The molecule has 0 aliphatic heterocycles. The van der Waals surface area contributed by atoms with Gasteiger partial charge in [-0.2, -0.15) is 15.0 Å². The quantitative estimate of drug-likeness (QED) is 0.334. The van der Waals surface area contributed by atoms with Gasteiger partial charge in [0.15, 0.2) is 0 Å². The van der Waals surface area contributed by atoms with E-state index in [4.69, 9.17) is 15.3 Å². The highest BCUT2D eigenvalue weighted by molar-refractivity contribution is 5.34. The van der Waals surface area contributed by atoms with Gasteiger partial charge in [0, 0.05) is 20.3 Å². The molecule has 8 nitrogen and oxygen atoms in total. The molecule has 0 aliphatic carbocycles. The molecule has 0 atom stereocenters. The molecule has 1 rings (SSSR count). The van der Waals surface area contributed by atoms with Crippen LogP contribution in [0, 0.1) is 0 Å². The number of anilines is 2. The molecule has 0 aromatic carbocycles. The van der Waals surface area contributed by atoms with Crippen LogP contribution in [0.15, 0.2) is 0 Å². The Bertz CT molecular complexity index is 388. The van der Waals surface area contributed by atoms with Crippen molar-refractivity contribution in [3.8, 4) is 6.01 Å². The van der Waals surface area contributed by atoms with Crippen LogP contribution in [0.5, 0.6) is 6.01 Å². The van der Waals surface area contributed by atoms with E-state index in [1.807, 2.05) is 13.8 Å². The van der Waals surface area contributed by atoms with Gasteiger partial charge in [-0.3, -0.25) is 5.43 Å². The van der Waals surface area contributed by atoms with Gasteiger partial charge in [-0.15, -0.1) is 0 Å². The maximum Gasteiger partial charge on any atom is 0.323 e. The minimum atomic E-state index is -0.00933. The number of nitrogen functional groups attached to an aromatic ring is 1. The predicted octanol–water partition coefficient (Wildman–Crippen LogP) is 1.17. The van der Waals surface area contributed by atoms with Crippen LogP contribution in [0.1, 0.15) is 33.1 Å². The van der Waals surface area contributed by atoms with Crippen LogP contribution in [-0.2, 0) is 4.74 Å². The van der Waals surface area contributed by atoms with Crippen molar-refractivity contribution in [3.63, 3.8) is 0 Å². The summed E-state index contributed by atoms with van der Waals surface area (Å²) in [5.41, 5.74) is 2.40. The topological polar surface area (TPSA) is 107 Å². The molecule has 0 amide bonds. The molecular weight excluding hydrogens is 260 g/mol. The second-order valence-electron chi connectivity index (χ2n) is 4.56. The van der Waals surface area contributed by atoms with Gasteiger partial charge in [0.1, 0.15) is 0 Å². The van der Waals surface area contributed by atoms with Crippen molar-refractivity contribution in [2.45, 2.75) is 39.2 Å². The number of nitrogens with zero attached hydrogens (tertiary/aromatic N) is 3. The average molecular weight is 284 g/mol. The smallest absolute Gasteiger partial charge is 0.323 e. The third-order valence-electron chi connectivity index (χ3n) is 2.39. The van der Waals surface area contributed by atoms with E-state index in [0.29, 0.717) is 5.95 Å². The molecule has 0 unspecified atom stereocenters. The summed E-state index contributed by atoms with van der Waals surface area (Å²) in [7, 11) is 1.71. The summed E-state index contributed by atoms with van der Waals surface area (Å²) in [6.45, 7) is 5.38. The highest BCUT2D eigenvalue weighted by atomic mass is 16.5. The van der Waals surface area contributed by atoms with E-state index < -0.39 is 0 Å². The first kappa shape index (κ1) is 16.4. The molecule has 20 heavy (non-hydrogen) atoms. The molecule has 1 aromatic rings. The van der Waals surface area contributed by atoms with Crippen LogP contribution in [-0.4, -0.2) is 41.3 Å². The van der Waals surface area contributed by atoms with Crippen molar-refractivity contribution in [1.29, 1.82) is 0 Å². The highest BCUT2D eigenvalue weighted by Crippen LogP contribution is 2.12. The van der Waals surface area contributed by atoms with E-state index in [1.54, 1.807) is 7.11 Å². The number of hydrogen-bond acceptors (Lipinski definition) is 8. The number of unbranched alkanes of at least 4 members (excludes halogenated alkanes) is 2. The molecule has 0 radical (unpaired) electrons. The summed E-state index contributed by atoms with van der Waals surface area (Å²) in [5, 5.41) is 3.13. The van der Waals surface area contributed by atoms with E-state index >= 15 is 0 Å². The SMILES string of the molecule is COCCCCCNc1nc(NN)nc(OC(C)C)n1. The number of nitrogens with one attached hydrogen (secondary N) is 2. The number of hydrogen-bond donors (Lipinski definition) is 3. The number of rotatable bonds is 10. The van der Waals surface area contributed by atoms with Crippen LogP contribution < -0.4 is 21.3 Å². The summed E-state index contributed by atoms with van der Waals surface area (Å²) in [6, 6.07) is 0.254. The largest absolute Gasteiger partial charge is 0.461 e. The summed E-state index contributed by atoms with van der Waals surface area (Å²) in [5.74, 6) is 6.06. The monoisotopic (exact) mass is 284 g/mol. The van der Waals surface area contributed by atoms with Gasteiger partial charge in [0.2, 0.25) is 11.9 Å². The van der Waals surface area contributed by atoms with Gasteiger partial charge in [0.05, 0.1) is 6.10 Å². The van der Waals surface area contributed by atoms with E-state index in [0.717, 1.165) is 32.4 Å². The Morgan fingerprint density at radius 3 is 2.50 bits per heavy atom. The summed E-state index contributed by atoms with van der Waals surface area (Å²) < 4.78 is 10.4. The van der Waals surface area contributed by atoms with Crippen LogP contribution in [0.3, 0.4) is 0 Å². The van der Waals surface area contributed by atoms with Gasteiger partial charge in [-0.25, -0.2) is 5.84 Å². The van der Waals surface area contributed by atoms with Gasteiger partial charge in [-0.05, 0) is 33.1 Å². The molecule has 8 heteroatoms. The highest BCUT2D eigenvalue weighted by Gasteiger charge is 2.07. The minimum absolute atomic E-state index is 0.00933. The van der Waals surface area contributed by atoms with Crippen LogP contribution in [0.25, 0.3) is 0 Å². The fraction of sp³-hybridized carbons (Fsp3) is 0.750. The van der Waals surface area contributed by atoms with Crippen molar-refractivity contribution in [2.24, 2.45) is 5.84 Å². The first-order chi connectivity index (χ1) is 9.65.